The number of aryl methyl sites for hydroxylation is 3. The highest BCUT2D eigenvalue weighted by Crippen LogP contribution is 2.31. The van der Waals surface area contributed by atoms with Gasteiger partial charge in [0.1, 0.15) is 85.6 Å². The number of allylic oxidation sites excluding steroid dienone is 1. The van der Waals surface area contributed by atoms with Crippen LogP contribution in [0.15, 0.2) is 102 Å². The Morgan fingerprint density at radius 3 is 1.31 bits per heavy atom. The highest BCUT2D eigenvalue weighted by molar-refractivity contribution is 5.79. The number of nitrogens with one attached hydrogen (secondary N) is 3. The summed E-state index contributed by atoms with van der Waals surface area (Å²) in [5.41, 5.74) is 13.5. The normalized spacial score (nSPS) is 20.0. The Labute approximate surface area is 592 Å². The van der Waals surface area contributed by atoms with Gasteiger partial charge in [-0.2, -0.15) is 0 Å². The first-order valence-electron chi connectivity index (χ1n) is 33.6. The average molecular weight is 1420 g/mol. The van der Waals surface area contributed by atoms with E-state index < -0.39 is 83.5 Å². The summed E-state index contributed by atoms with van der Waals surface area (Å²) in [5.74, 6) is -2.28. The van der Waals surface area contributed by atoms with Crippen LogP contribution < -0.4 is 32.5 Å². The summed E-state index contributed by atoms with van der Waals surface area (Å²) in [5, 5.41) is 46.0. The number of benzene rings is 3. The molecule has 4 aliphatic rings. The molecule has 0 aromatic heterocycles. The number of nitrogens with zero attached hydrogens (tertiary/aromatic N) is 1. The Balaban J connectivity index is 0.000000360. The number of guanidine groups is 1. The van der Waals surface area contributed by atoms with Crippen LogP contribution in [-0.4, -0.2) is 151 Å². The lowest BCUT2D eigenvalue weighted by Gasteiger charge is -2.34. The number of aliphatic carboxylic acids is 1. The van der Waals surface area contributed by atoms with E-state index >= 15 is 0 Å². The van der Waals surface area contributed by atoms with Crippen molar-refractivity contribution in [3.63, 3.8) is 0 Å². The predicted molar refractivity (Wildman–Crippen MR) is 370 cm³/mol. The first-order chi connectivity index (χ1) is 47.5. The molecule has 2 unspecified atom stereocenters. The van der Waals surface area contributed by atoms with E-state index in [0.717, 1.165) is 79.0 Å². The lowest BCUT2D eigenvalue weighted by atomic mass is 9.90. The van der Waals surface area contributed by atoms with E-state index in [1.54, 1.807) is 27.7 Å². The number of carboxylic acids is 1. The summed E-state index contributed by atoms with van der Waals surface area (Å²) >= 11 is 0. The minimum atomic E-state index is -1.38. The molecular formula is C73H107N6O22-. The van der Waals surface area contributed by atoms with Gasteiger partial charge in [-0.05, 0) is 170 Å². The Kier molecular flexibility index (Phi) is 36.5. The molecule has 0 radical (unpaired) electrons. The van der Waals surface area contributed by atoms with E-state index in [9.17, 15) is 43.8 Å². The van der Waals surface area contributed by atoms with Crippen LogP contribution in [-0.2, 0) is 86.4 Å². The molecule has 101 heavy (non-hydrogen) atoms. The van der Waals surface area contributed by atoms with E-state index in [2.05, 4.69) is 34.1 Å². The fourth-order valence-corrected chi connectivity index (χ4v) is 9.93. The Morgan fingerprint density at radius 2 is 0.950 bits per heavy atom. The lowest BCUT2D eigenvalue weighted by molar-refractivity contribution is -0.302. The van der Waals surface area contributed by atoms with Crippen molar-refractivity contribution in [3.8, 4) is 0 Å². The minimum Gasteiger partial charge on any atom is -0.550 e. The maximum atomic E-state index is 12.6. The van der Waals surface area contributed by atoms with Crippen molar-refractivity contribution >= 4 is 54.4 Å². The number of carboxylic acid groups (broad SMARTS) is 1. The zero-order valence-corrected chi connectivity index (χ0v) is 60.4. The molecule has 10 N–H and O–H groups in total. The quantitative estimate of drug-likeness (QED) is 0.0192. The monoisotopic (exact) mass is 1420 g/mol. The van der Waals surface area contributed by atoms with Gasteiger partial charge in [-0.15, -0.1) is 0 Å². The second-order valence-corrected chi connectivity index (χ2v) is 27.4. The molecule has 7 rings (SSSR count). The van der Waals surface area contributed by atoms with Crippen LogP contribution in [0.3, 0.4) is 0 Å². The molecule has 3 aromatic rings. The smallest absolute Gasteiger partial charge is 0.508 e. The number of hydrogen-bond acceptors (Lipinski definition) is 25. The Bertz CT molecular complexity index is 3130. The number of amides is 1. The van der Waals surface area contributed by atoms with Crippen LogP contribution in [0.25, 0.3) is 0 Å². The van der Waals surface area contributed by atoms with Gasteiger partial charge in [0.15, 0.2) is 5.96 Å². The van der Waals surface area contributed by atoms with Crippen LogP contribution in [0.1, 0.15) is 166 Å². The van der Waals surface area contributed by atoms with Crippen molar-refractivity contribution < 1.29 is 106 Å². The van der Waals surface area contributed by atoms with Crippen LogP contribution in [0.4, 0.5) is 19.2 Å². The number of nitrogens with two attached hydrogens (primary N) is 2. The molecule has 0 bridgehead atoms. The third kappa shape index (κ3) is 34.7. The van der Waals surface area contributed by atoms with E-state index in [1.165, 1.54) is 19.4 Å². The molecule has 28 nitrogen and oxygen atoms in total. The maximum Gasteiger partial charge on any atom is 0.508 e. The Morgan fingerprint density at radius 1 is 0.584 bits per heavy atom. The van der Waals surface area contributed by atoms with Gasteiger partial charge >= 0.3 is 42.5 Å². The SMILES string of the molecule is C=C(C)NC1CCC(OC(=O)C(C)(CO)COC(=O)OCc2ccc(C)cc2)CC1.C=C(NC(=O)OC(C)(C)C)NC1CCC(OC(=O)C2(C)COC(=O)OC2)CC1.CC(=O)[O-].Cc1ccc(CO)cc1.Cc1ccc(COC(=O)OCC(C)(CO)C(=O)OC2CCC(N=C(N)N)CC2)cc1. The van der Waals surface area contributed by atoms with E-state index in [0.29, 0.717) is 50.4 Å². The first kappa shape index (κ1) is 86.1. The van der Waals surface area contributed by atoms with Gasteiger partial charge in [0.25, 0.3) is 0 Å². The maximum absolute atomic E-state index is 12.6. The fourth-order valence-electron chi connectivity index (χ4n) is 9.93. The molecule has 562 valence electrons. The number of aliphatic hydroxyl groups is 3. The second-order valence-electron chi connectivity index (χ2n) is 27.4. The Hall–Kier alpha value is -9.15. The number of rotatable bonds is 23. The number of alkyl carbamates (subject to hydrolysis) is 1. The zero-order chi connectivity index (χ0) is 75.5. The molecular weight excluding hydrogens is 1310 g/mol. The highest BCUT2D eigenvalue weighted by atomic mass is 16.7. The van der Waals surface area contributed by atoms with Crippen LogP contribution >= 0.6 is 0 Å². The van der Waals surface area contributed by atoms with E-state index in [-0.39, 0.29) is 82.6 Å². The molecule has 0 spiro atoms. The van der Waals surface area contributed by atoms with Gasteiger partial charge in [-0.1, -0.05) is 103 Å². The molecule has 3 aliphatic carbocycles. The molecule has 28 heteroatoms. The van der Waals surface area contributed by atoms with Crippen molar-refractivity contribution in [2.24, 2.45) is 32.7 Å². The van der Waals surface area contributed by atoms with Crippen molar-refractivity contribution in [2.45, 2.75) is 215 Å². The summed E-state index contributed by atoms with van der Waals surface area (Å²) in [6.45, 7) is 25.0. The molecule has 1 amide bonds. The second kappa shape index (κ2) is 42.8. The van der Waals surface area contributed by atoms with E-state index in [1.807, 2.05) is 100 Å². The van der Waals surface area contributed by atoms with Gasteiger partial charge in [0.05, 0.1) is 25.9 Å². The summed E-state index contributed by atoms with van der Waals surface area (Å²) in [6.07, 6.45) is 4.91. The number of carbonyl (C=O) groups is 8. The van der Waals surface area contributed by atoms with Gasteiger partial charge < -0.3 is 94.7 Å². The van der Waals surface area contributed by atoms with Gasteiger partial charge in [-0.25, -0.2) is 19.2 Å². The molecule has 1 saturated heterocycles. The van der Waals surface area contributed by atoms with Gasteiger partial charge in [0.2, 0.25) is 0 Å². The minimum absolute atomic E-state index is 0.0285. The standard InChI is InChI=1S/C23H33NO6.C21H31N3O6.C19H30N2O7.C8H10O.C2H4O2/c1-16(2)24-19-9-11-20(12-10-19)30-21(26)23(4,14-25)15-29-22(27)28-13-18-7-5-17(3)6-8-18;1-14-3-5-15(6-4-14)11-28-20(27)29-13-21(2,12-25)18(26)30-17-9-7-16(8-10-17)24-19(22)23;1-12(21-16(23)28-18(2,3)4)20-13-6-8-14(9-7-13)27-15(22)19(5)10-25-17(24)26-11-19;1-7-2-4-8(6-9)5-3-7;1-2(3)4/h5-8,19-20,24-25H,1,9-15H2,2-4H3;3-6,16-17,25H,7-13H2,1-2H3,(H4,22,23,24);13-14,20H,1,6-11H2,2-5H3,(H,21,23);2-5,9H,6H2,1H3;1H3,(H,3,4)/p-1. The molecule has 3 aromatic carbocycles. The third-order valence-electron chi connectivity index (χ3n) is 16.1. The molecule has 1 heterocycles. The third-order valence-corrected chi connectivity index (χ3v) is 16.1. The number of cyclic esters (lactones) is 2. The lowest BCUT2D eigenvalue weighted by Crippen LogP contribution is -2.46. The van der Waals surface area contributed by atoms with Gasteiger partial charge in [0, 0.05) is 23.8 Å². The highest BCUT2D eigenvalue weighted by Gasteiger charge is 2.44. The van der Waals surface area contributed by atoms with Crippen molar-refractivity contribution in [1.82, 2.24) is 16.0 Å². The first-order valence-corrected chi connectivity index (χ1v) is 33.6. The van der Waals surface area contributed by atoms with Crippen molar-refractivity contribution in [3.05, 3.63) is 131 Å². The number of esters is 3. The number of aliphatic hydroxyl groups excluding tert-OH is 3. The largest absolute Gasteiger partial charge is 0.550 e. The van der Waals surface area contributed by atoms with Crippen molar-refractivity contribution in [2.75, 3.05) is 39.6 Å². The summed E-state index contributed by atoms with van der Waals surface area (Å²) in [4.78, 5) is 97.1. The predicted octanol–water partition coefficient (Wildman–Crippen LogP) is 8.24. The van der Waals surface area contributed by atoms with Crippen LogP contribution in [0.5, 0.6) is 0 Å². The molecule has 1 aliphatic heterocycles. The number of hydrogen-bond donors (Lipinski definition) is 8. The number of carbonyl (C=O) groups excluding carboxylic acids is 8. The zero-order valence-electron chi connectivity index (χ0n) is 60.4. The average Bonchev–Trinajstić information content (AvgIpc) is 0.823. The summed E-state index contributed by atoms with van der Waals surface area (Å²) in [6, 6.07) is 23.4. The van der Waals surface area contributed by atoms with Gasteiger partial charge in [-0.3, -0.25) is 24.7 Å². The number of ether oxygens (including phenoxy) is 10. The number of aliphatic imine (C=N–C) groups is 1. The summed E-state index contributed by atoms with van der Waals surface area (Å²) < 4.78 is 51.7. The summed E-state index contributed by atoms with van der Waals surface area (Å²) in [7, 11) is 0. The van der Waals surface area contributed by atoms with Crippen LogP contribution in [0, 0.1) is 37.0 Å². The van der Waals surface area contributed by atoms with Crippen molar-refractivity contribution in [1.29, 1.82) is 0 Å². The molecule has 4 fully saturated rings. The molecule has 3 saturated carbocycles. The molecule has 2 atom stereocenters. The van der Waals surface area contributed by atoms with E-state index in [4.69, 9.17) is 73.8 Å². The van der Waals surface area contributed by atoms with Crippen LogP contribution in [0.2, 0.25) is 0 Å². The fraction of sp³-hybridized carbons (Fsp3) is 0.575. The topological polar surface area (TPSA) is 413 Å².